The highest BCUT2D eigenvalue weighted by molar-refractivity contribution is 7.89. The molecule has 27 heavy (non-hydrogen) atoms. The summed E-state index contributed by atoms with van der Waals surface area (Å²) in [7, 11) is -3.38. The van der Waals surface area contributed by atoms with Crippen LogP contribution in [0.2, 0.25) is 0 Å². The van der Waals surface area contributed by atoms with Crippen LogP contribution in [0, 0.1) is 5.92 Å². The summed E-state index contributed by atoms with van der Waals surface area (Å²) in [5.74, 6) is 0.526. The molecule has 1 N–H and O–H groups in total. The first kappa shape index (κ1) is 18.3. The molecule has 0 saturated carbocycles. The van der Waals surface area contributed by atoms with Crippen LogP contribution < -0.4 is 0 Å². The lowest BCUT2D eigenvalue weighted by Crippen LogP contribution is -2.38. The predicted molar refractivity (Wildman–Crippen MR) is 109 cm³/mol. The number of benzene rings is 2. The van der Waals surface area contributed by atoms with Gasteiger partial charge in [-0.2, -0.15) is 4.31 Å². The van der Waals surface area contributed by atoms with Crippen LogP contribution in [0.4, 0.5) is 0 Å². The highest BCUT2D eigenvalue weighted by Gasteiger charge is 2.29. The van der Waals surface area contributed by atoms with Crippen LogP contribution in [0.15, 0.2) is 59.6 Å². The number of nitrogens with zero attached hydrogens (tertiary/aromatic N) is 1. The second-order valence-corrected chi connectivity index (χ2v) is 9.35. The van der Waals surface area contributed by atoms with E-state index in [0.717, 1.165) is 31.2 Å². The monoisotopic (exact) mass is 382 g/mol. The van der Waals surface area contributed by atoms with Gasteiger partial charge < -0.3 is 4.98 Å². The van der Waals surface area contributed by atoms with Crippen LogP contribution in [-0.4, -0.2) is 30.8 Å². The largest absolute Gasteiger partial charge is 0.361 e. The number of fused-ring (bicyclic) bond motifs is 1. The van der Waals surface area contributed by atoms with Crippen molar-refractivity contribution in [3.63, 3.8) is 0 Å². The van der Waals surface area contributed by atoms with Crippen molar-refractivity contribution in [2.45, 2.75) is 37.5 Å². The van der Waals surface area contributed by atoms with E-state index < -0.39 is 10.0 Å². The number of hydrogen-bond acceptors (Lipinski definition) is 2. The summed E-state index contributed by atoms with van der Waals surface area (Å²) in [6, 6.07) is 15.7. The molecule has 0 aliphatic carbocycles. The molecule has 1 saturated heterocycles. The van der Waals surface area contributed by atoms with Crippen molar-refractivity contribution < 1.29 is 8.42 Å². The number of sulfonamides is 1. The molecule has 1 aliphatic rings. The van der Waals surface area contributed by atoms with Crippen LogP contribution in [0.3, 0.4) is 0 Å². The minimum atomic E-state index is -3.38. The minimum absolute atomic E-state index is 0.412. The normalized spacial score (nSPS) is 16.8. The standard InChI is InChI=1S/C22H26N2O2S/c1-2-17-7-9-20(10-8-17)27(25,26)24-13-11-18(12-14-24)15-19-16-23-22-6-4-3-5-21(19)22/h3-10,16,18,23H,2,11-15H2,1H3. The summed E-state index contributed by atoms with van der Waals surface area (Å²) in [4.78, 5) is 3.75. The van der Waals surface area contributed by atoms with Gasteiger partial charge in [0.25, 0.3) is 0 Å². The third-order valence-electron chi connectivity index (χ3n) is 5.73. The lowest BCUT2D eigenvalue weighted by Gasteiger charge is -2.31. The van der Waals surface area contributed by atoms with Crippen LogP contribution in [-0.2, 0) is 22.9 Å². The number of aryl methyl sites for hydroxylation is 1. The molecule has 142 valence electrons. The molecule has 3 aromatic rings. The Labute approximate surface area is 161 Å². The van der Waals surface area contributed by atoms with Gasteiger partial charge in [-0.25, -0.2) is 8.42 Å². The van der Waals surface area contributed by atoms with Gasteiger partial charge in [0.15, 0.2) is 0 Å². The number of aromatic nitrogens is 1. The zero-order valence-corrected chi connectivity index (χ0v) is 16.5. The fourth-order valence-corrected chi connectivity index (χ4v) is 5.48. The summed E-state index contributed by atoms with van der Waals surface area (Å²) in [6.45, 7) is 3.28. The molecule has 1 aromatic heterocycles. The van der Waals surface area contributed by atoms with E-state index >= 15 is 0 Å². The average molecular weight is 383 g/mol. The molecule has 5 heteroatoms. The Morgan fingerprint density at radius 2 is 1.74 bits per heavy atom. The number of nitrogens with one attached hydrogen (secondary N) is 1. The van der Waals surface area contributed by atoms with Crippen molar-refractivity contribution in [2.75, 3.05) is 13.1 Å². The smallest absolute Gasteiger partial charge is 0.243 e. The molecule has 1 fully saturated rings. The third-order valence-corrected chi connectivity index (χ3v) is 7.64. The van der Waals surface area contributed by atoms with E-state index in [1.54, 1.807) is 16.4 Å². The van der Waals surface area contributed by atoms with Crippen molar-refractivity contribution in [3.05, 3.63) is 65.9 Å². The summed E-state index contributed by atoms with van der Waals surface area (Å²) >= 11 is 0. The van der Waals surface area contributed by atoms with Crippen LogP contribution >= 0.6 is 0 Å². The molecular formula is C22H26N2O2S. The maximum atomic E-state index is 12.9. The van der Waals surface area contributed by atoms with Crippen LogP contribution in [0.5, 0.6) is 0 Å². The lowest BCUT2D eigenvalue weighted by atomic mass is 9.91. The van der Waals surface area contributed by atoms with Crippen molar-refractivity contribution in [3.8, 4) is 0 Å². The van der Waals surface area contributed by atoms with Gasteiger partial charge >= 0.3 is 0 Å². The molecule has 0 radical (unpaired) electrons. The number of H-pyrrole nitrogens is 1. The van der Waals surface area contributed by atoms with Crippen LogP contribution in [0.25, 0.3) is 10.9 Å². The number of aromatic amines is 1. The molecular weight excluding hydrogens is 356 g/mol. The first-order valence-electron chi connectivity index (χ1n) is 9.72. The Kier molecular flexibility index (Phi) is 5.06. The lowest BCUT2D eigenvalue weighted by molar-refractivity contribution is 0.273. The second-order valence-electron chi connectivity index (χ2n) is 7.41. The number of para-hydroxylation sites is 1. The number of hydrogen-bond donors (Lipinski definition) is 1. The molecule has 0 bridgehead atoms. The first-order valence-corrected chi connectivity index (χ1v) is 11.2. The quantitative estimate of drug-likeness (QED) is 0.712. The van der Waals surface area contributed by atoms with E-state index in [1.807, 2.05) is 18.2 Å². The summed E-state index contributed by atoms with van der Waals surface area (Å²) < 4.78 is 27.5. The Balaban J connectivity index is 1.42. The summed E-state index contributed by atoms with van der Waals surface area (Å²) in [5.41, 5.74) is 3.66. The number of rotatable bonds is 5. The van der Waals surface area contributed by atoms with Crippen molar-refractivity contribution in [2.24, 2.45) is 5.92 Å². The fraction of sp³-hybridized carbons (Fsp3) is 0.364. The van der Waals surface area contributed by atoms with Gasteiger partial charge in [-0.05, 0) is 60.9 Å². The number of piperidine rings is 1. The molecule has 0 unspecified atom stereocenters. The van der Waals surface area contributed by atoms with E-state index in [-0.39, 0.29) is 0 Å². The van der Waals surface area contributed by atoms with Crippen molar-refractivity contribution in [1.29, 1.82) is 0 Å². The van der Waals surface area contributed by atoms with Crippen molar-refractivity contribution >= 4 is 20.9 Å². The van der Waals surface area contributed by atoms with E-state index in [9.17, 15) is 8.42 Å². The van der Waals surface area contributed by atoms with E-state index in [4.69, 9.17) is 0 Å². The topological polar surface area (TPSA) is 53.2 Å². The third kappa shape index (κ3) is 3.66. The van der Waals surface area contributed by atoms with E-state index in [1.165, 1.54) is 16.5 Å². The molecule has 2 heterocycles. The molecule has 2 aromatic carbocycles. The Bertz CT molecular complexity index is 1010. The summed E-state index contributed by atoms with van der Waals surface area (Å²) in [5, 5.41) is 1.28. The zero-order valence-electron chi connectivity index (χ0n) is 15.7. The SMILES string of the molecule is CCc1ccc(S(=O)(=O)N2CCC(Cc3c[nH]c4ccccc34)CC2)cc1. The van der Waals surface area contributed by atoms with Gasteiger partial charge in [-0.3, -0.25) is 0 Å². The molecule has 0 amide bonds. The second kappa shape index (κ2) is 7.49. The Morgan fingerprint density at radius 3 is 2.44 bits per heavy atom. The first-order chi connectivity index (χ1) is 13.1. The maximum absolute atomic E-state index is 12.9. The molecule has 0 spiro atoms. The fourth-order valence-electron chi connectivity index (χ4n) is 4.01. The molecule has 1 aliphatic heterocycles. The maximum Gasteiger partial charge on any atom is 0.243 e. The zero-order chi connectivity index (χ0) is 18.9. The Morgan fingerprint density at radius 1 is 1.04 bits per heavy atom. The van der Waals surface area contributed by atoms with Gasteiger partial charge in [0, 0.05) is 30.2 Å². The van der Waals surface area contributed by atoms with Gasteiger partial charge in [0.1, 0.15) is 0 Å². The predicted octanol–water partition coefficient (Wildman–Crippen LogP) is 4.37. The van der Waals surface area contributed by atoms with E-state index in [2.05, 4.69) is 36.3 Å². The molecule has 0 atom stereocenters. The summed E-state index contributed by atoms with van der Waals surface area (Å²) in [6.07, 6.45) is 5.84. The van der Waals surface area contributed by atoms with Gasteiger partial charge in [-0.1, -0.05) is 37.3 Å². The van der Waals surface area contributed by atoms with Crippen LogP contribution in [0.1, 0.15) is 30.9 Å². The van der Waals surface area contributed by atoms with E-state index in [0.29, 0.717) is 23.9 Å². The average Bonchev–Trinajstić information content (AvgIpc) is 3.11. The minimum Gasteiger partial charge on any atom is -0.361 e. The van der Waals surface area contributed by atoms with Gasteiger partial charge in [-0.15, -0.1) is 0 Å². The highest BCUT2D eigenvalue weighted by atomic mass is 32.2. The molecule has 4 nitrogen and oxygen atoms in total. The Hall–Kier alpha value is -2.11. The highest BCUT2D eigenvalue weighted by Crippen LogP contribution is 2.28. The van der Waals surface area contributed by atoms with Gasteiger partial charge in [0.2, 0.25) is 10.0 Å². The molecule has 4 rings (SSSR count). The van der Waals surface area contributed by atoms with Crippen molar-refractivity contribution in [1.82, 2.24) is 9.29 Å². The van der Waals surface area contributed by atoms with Gasteiger partial charge in [0.05, 0.1) is 4.90 Å².